The Bertz CT molecular complexity index is 893. The first kappa shape index (κ1) is 15.5. The topological polar surface area (TPSA) is 91.8 Å². The Morgan fingerprint density at radius 2 is 2.17 bits per heavy atom. The number of nitrogens with zero attached hydrogens (tertiary/aromatic N) is 2. The van der Waals surface area contributed by atoms with E-state index in [4.69, 9.17) is 0 Å². The van der Waals surface area contributed by atoms with Crippen LogP contribution in [0.3, 0.4) is 0 Å². The monoisotopic (exact) mass is 323 g/mol. The van der Waals surface area contributed by atoms with E-state index >= 15 is 0 Å². The molecule has 2 aromatic heterocycles. The molecular weight excluding hydrogens is 306 g/mol. The van der Waals surface area contributed by atoms with Crippen molar-refractivity contribution >= 4 is 34.5 Å². The molecule has 0 aliphatic rings. The van der Waals surface area contributed by atoms with Crippen LogP contribution < -0.4 is 10.6 Å². The molecule has 0 atom stereocenters. The standard InChI is InChI=1S/C17H17N5O2/c1-22-11-12(14-4-2-3-5-15(14)22)6-7-16(23)18-10-17(24)21-13-8-19-20-9-13/h2-9,11H,10H2,1H3,(H,18,23)(H,19,20)(H,21,24)/b7-6-. The number of fused-ring (bicyclic) bond motifs is 1. The number of para-hydroxylation sites is 1. The molecule has 0 aliphatic carbocycles. The molecule has 1 aromatic carbocycles. The number of rotatable bonds is 5. The molecule has 0 fully saturated rings. The fraction of sp³-hybridized carbons (Fsp3) is 0.118. The fourth-order valence-electron chi connectivity index (χ4n) is 2.42. The van der Waals surface area contributed by atoms with Gasteiger partial charge in [0.2, 0.25) is 11.8 Å². The maximum Gasteiger partial charge on any atom is 0.244 e. The second-order valence-electron chi connectivity index (χ2n) is 5.30. The van der Waals surface area contributed by atoms with Crippen LogP contribution in [0.1, 0.15) is 5.56 Å². The third-order valence-corrected chi connectivity index (χ3v) is 3.55. The number of amides is 2. The lowest BCUT2D eigenvalue weighted by Crippen LogP contribution is -2.31. The summed E-state index contributed by atoms with van der Waals surface area (Å²) in [6.07, 6.45) is 8.17. The zero-order valence-electron chi connectivity index (χ0n) is 13.1. The summed E-state index contributed by atoms with van der Waals surface area (Å²) in [7, 11) is 1.96. The van der Waals surface area contributed by atoms with Crippen molar-refractivity contribution in [2.24, 2.45) is 7.05 Å². The Balaban J connectivity index is 1.58. The lowest BCUT2D eigenvalue weighted by Gasteiger charge is -2.02. The van der Waals surface area contributed by atoms with Crippen molar-refractivity contribution in [3.8, 4) is 0 Å². The van der Waals surface area contributed by atoms with E-state index in [9.17, 15) is 9.59 Å². The Kier molecular flexibility index (Phi) is 4.42. The van der Waals surface area contributed by atoms with Crippen molar-refractivity contribution in [2.75, 3.05) is 11.9 Å². The van der Waals surface area contributed by atoms with Crippen LogP contribution in [0.5, 0.6) is 0 Å². The van der Waals surface area contributed by atoms with Crippen LogP contribution in [0.2, 0.25) is 0 Å². The van der Waals surface area contributed by atoms with Gasteiger partial charge in [-0.25, -0.2) is 0 Å². The first-order chi connectivity index (χ1) is 11.6. The van der Waals surface area contributed by atoms with Gasteiger partial charge in [-0.2, -0.15) is 5.10 Å². The Morgan fingerprint density at radius 1 is 1.33 bits per heavy atom. The average Bonchev–Trinajstić information content (AvgIpc) is 3.20. The number of benzene rings is 1. The summed E-state index contributed by atoms with van der Waals surface area (Å²) >= 11 is 0. The highest BCUT2D eigenvalue weighted by atomic mass is 16.2. The number of aromatic amines is 1. The van der Waals surface area contributed by atoms with E-state index in [1.807, 2.05) is 42.1 Å². The van der Waals surface area contributed by atoms with Gasteiger partial charge >= 0.3 is 0 Å². The summed E-state index contributed by atoms with van der Waals surface area (Å²) in [5.41, 5.74) is 2.60. The maximum absolute atomic E-state index is 11.9. The van der Waals surface area contributed by atoms with Crippen LogP contribution >= 0.6 is 0 Å². The van der Waals surface area contributed by atoms with Crippen LogP contribution in [0.25, 0.3) is 17.0 Å². The molecule has 0 unspecified atom stereocenters. The van der Waals surface area contributed by atoms with E-state index in [-0.39, 0.29) is 18.4 Å². The van der Waals surface area contributed by atoms with E-state index in [1.165, 1.54) is 12.3 Å². The molecule has 0 saturated heterocycles. The molecule has 7 heteroatoms. The minimum atomic E-state index is -0.328. The van der Waals surface area contributed by atoms with E-state index in [1.54, 1.807) is 12.3 Å². The Morgan fingerprint density at radius 3 is 2.96 bits per heavy atom. The first-order valence-corrected chi connectivity index (χ1v) is 7.42. The van der Waals surface area contributed by atoms with Crippen molar-refractivity contribution in [3.63, 3.8) is 0 Å². The summed E-state index contributed by atoms with van der Waals surface area (Å²) in [5.74, 6) is -0.645. The molecule has 122 valence electrons. The largest absolute Gasteiger partial charge is 0.350 e. The van der Waals surface area contributed by atoms with Crippen LogP contribution in [0.4, 0.5) is 5.69 Å². The van der Waals surface area contributed by atoms with E-state index in [0.29, 0.717) is 5.69 Å². The molecule has 3 aromatic rings. The van der Waals surface area contributed by atoms with Gasteiger partial charge in [0, 0.05) is 42.0 Å². The molecule has 3 rings (SSSR count). The van der Waals surface area contributed by atoms with Crippen molar-refractivity contribution in [2.45, 2.75) is 0 Å². The Hall–Kier alpha value is -3.35. The SMILES string of the molecule is Cn1cc(/C=C\C(=O)NCC(=O)Nc2cn[nH]c2)c2ccccc21. The molecule has 24 heavy (non-hydrogen) atoms. The number of hydrogen-bond donors (Lipinski definition) is 3. The number of carbonyl (C=O) groups is 2. The van der Waals surface area contributed by atoms with Gasteiger partial charge in [0.15, 0.2) is 0 Å². The van der Waals surface area contributed by atoms with Gasteiger partial charge < -0.3 is 15.2 Å². The number of aryl methyl sites for hydroxylation is 1. The van der Waals surface area contributed by atoms with Crippen molar-refractivity contribution < 1.29 is 9.59 Å². The smallest absolute Gasteiger partial charge is 0.244 e. The molecule has 2 amide bonds. The quantitative estimate of drug-likeness (QED) is 0.624. The number of aromatic nitrogens is 3. The molecule has 0 spiro atoms. The molecule has 0 aliphatic heterocycles. The Labute approximate surface area is 138 Å². The average molecular weight is 323 g/mol. The van der Waals surface area contributed by atoms with Gasteiger partial charge in [-0.1, -0.05) is 18.2 Å². The van der Waals surface area contributed by atoms with E-state index in [2.05, 4.69) is 20.8 Å². The third-order valence-electron chi connectivity index (χ3n) is 3.55. The summed E-state index contributed by atoms with van der Waals surface area (Å²) in [5, 5.41) is 12.5. The van der Waals surface area contributed by atoms with Crippen LogP contribution in [-0.4, -0.2) is 33.1 Å². The summed E-state index contributed by atoms with van der Waals surface area (Å²) in [6, 6.07) is 7.96. The first-order valence-electron chi connectivity index (χ1n) is 7.42. The fourth-order valence-corrected chi connectivity index (χ4v) is 2.42. The van der Waals surface area contributed by atoms with Gasteiger partial charge in [-0.05, 0) is 12.1 Å². The molecule has 0 saturated carbocycles. The molecule has 7 nitrogen and oxygen atoms in total. The lowest BCUT2D eigenvalue weighted by molar-refractivity contribution is -0.121. The zero-order valence-corrected chi connectivity index (χ0v) is 13.1. The second-order valence-corrected chi connectivity index (χ2v) is 5.30. The zero-order chi connectivity index (χ0) is 16.9. The normalized spacial score (nSPS) is 11.0. The molecule has 3 N–H and O–H groups in total. The molecule has 2 heterocycles. The van der Waals surface area contributed by atoms with Gasteiger partial charge in [0.25, 0.3) is 0 Å². The third kappa shape index (κ3) is 3.52. The number of nitrogens with one attached hydrogen (secondary N) is 3. The van der Waals surface area contributed by atoms with E-state index < -0.39 is 0 Å². The van der Waals surface area contributed by atoms with Crippen LogP contribution in [0.15, 0.2) is 48.9 Å². The summed E-state index contributed by atoms with van der Waals surface area (Å²) < 4.78 is 2.01. The van der Waals surface area contributed by atoms with Gasteiger partial charge in [0.05, 0.1) is 18.4 Å². The summed E-state index contributed by atoms with van der Waals surface area (Å²) in [4.78, 5) is 23.5. The number of hydrogen-bond acceptors (Lipinski definition) is 3. The van der Waals surface area contributed by atoms with Gasteiger partial charge in [-0.3, -0.25) is 14.7 Å². The van der Waals surface area contributed by atoms with Crippen molar-refractivity contribution in [1.29, 1.82) is 0 Å². The number of H-pyrrole nitrogens is 1. The van der Waals surface area contributed by atoms with Gasteiger partial charge in [-0.15, -0.1) is 0 Å². The lowest BCUT2D eigenvalue weighted by atomic mass is 10.1. The molecule has 0 bridgehead atoms. The number of anilines is 1. The maximum atomic E-state index is 11.9. The second kappa shape index (κ2) is 6.82. The van der Waals surface area contributed by atoms with Crippen molar-refractivity contribution in [3.05, 3.63) is 54.5 Å². The minimum absolute atomic E-state index is 0.107. The highest BCUT2D eigenvalue weighted by molar-refractivity contribution is 5.99. The summed E-state index contributed by atoms with van der Waals surface area (Å²) in [6.45, 7) is -0.107. The predicted molar refractivity (Wildman–Crippen MR) is 92.2 cm³/mol. The molecule has 0 radical (unpaired) electrons. The van der Waals surface area contributed by atoms with Crippen molar-refractivity contribution in [1.82, 2.24) is 20.1 Å². The highest BCUT2D eigenvalue weighted by Gasteiger charge is 2.06. The van der Waals surface area contributed by atoms with Crippen LogP contribution in [0, 0.1) is 0 Å². The molecular formula is C17H17N5O2. The highest BCUT2D eigenvalue weighted by Crippen LogP contribution is 2.21. The minimum Gasteiger partial charge on any atom is -0.350 e. The van der Waals surface area contributed by atoms with E-state index in [0.717, 1.165) is 16.5 Å². The van der Waals surface area contributed by atoms with Crippen LogP contribution in [-0.2, 0) is 16.6 Å². The van der Waals surface area contributed by atoms with Gasteiger partial charge in [0.1, 0.15) is 0 Å². The number of carbonyl (C=O) groups excluding carboxylic acids is 2. The predicted octanol–water partition coefficient (Wildman–Crippen LogP) is 1.67.